The number of carboxylic acids is 1. The summed E-state index contributed by atoms with van der Waals surface area (Å²) in [6.07, 6.45) is 3.97. The third-order valence-corrected chi connectivity index (χ3v) is 5.23. The summed E-state index contributed by atoms with van der Waals surface area (Å²) in [5, 5.41) is 18.3. The molecule has 0 unspecified atom stereocenters. The van der Waals surface area contributed by atoms with Crippen molar-refractivity contribution in [3.63, 3.8) is 0 Å². The van der Waals surface area contributed by atoms with Crippen LogP contribution in [0.4, 0.5) is 5.95 Å². The number of aromatic nitrogens is 3. The van der Waals surface area contributed by atoms with Gasteiger partial charge in [0.25, 0.3) is 0 Å². The molecule has 2 heterocycles. The van der Waals surface area contributed by atoms with Gasteiger partial charge >= 0.3 is 0 Å². The zero-order chi connectivity index (χ0) is 17.6. The molecule has 1 N–H and O–H groups in total. The maximum absolute atomic E-state index is 12.6. The first-order chi connectivity index (χ1) is 12.1. The largest absolute Gasteiger partial charge is 0.541 e. The van der Waals surface area contributed by atoms with Crippen molar-refractivity contribution in [2.75, 3.05) is 11.6 Å². The predicted molar refractivity (Wildman–Crippen MR) is 90.2 cm³/mol. The van der Waals surface area contributed by atoms with Gasteiger partial charge in [0.1, 0.15) is 12.0 Å². The molecule has 1 aromatic carbocycles. The molecule has 7 nitrogen and oxygen atoms in total. The third kappa shape index (κ3) is 2.62. The molecule has 25 heavy (non-hydrogen) atoms. The molecule has 8 heteroatoms. The molecule has 0 fully saturated rings. The number of carboxylic acid groups (broad SMARTS) is 1. The molecule has 0 bridgehead atoms. The fourth-order valence-corrected chi connectivity index (χ4v) is 3.75. The Bertz CT molecular complexity index is 901. The van der Waals surface area contributed by atoms with E-state index in [0.717, 1.165) is 29.0 Å². The van der Waals surface area contributed by atoms with E-state index in [1.54, 1.807) is 11.8 Å². The Balaban J connectivity index is 1.88. The van der Waals surface area contributed by atoms with Crippen molar-refractivity contribution in [2.45, 2.75) is 30.2 Å². The lowest BCUT2D eigenvalue weighted by Gasteiger charge is -2.32. The van der Waals surface area contributed by atoms with E-state index in [1.165, 1.54) is 4.68 Å². The topological polar surface area (TPSA) is 99.9 Å². The van der Waals surface area contributed by atoms with Gasteiger partial charge in [0.05, 0.1) is 0 Å². The molecule has 0 spiro atoms. The molecule has 0 amide bonds. The summed E-state index contributed by atoms with van der Waals surface area (Å²) in [6, 6.07) is 7.37. The zero-order valence-electron chi connectivity index (χ0n) is 13.5. The van der Waals surface area contributed by atoms with Gasteiger partial charge in [-0.15, -0.1) is 16.9 Å². The minimum atomic E-state index is -1.44. The SMILES string of the molecule is CSc1ccc([C@@H]2C3=C(CCCC3=O)Nc3nc(C(=O)[O-])nn32)cc1. The standard InChI is InChI=1S/C17H16N4O3S/c1-25-10-7-5-9(6-8-10)14-13-11(3-2-4-12(13)22)18-17-19-15(16(23)24)20-21(14)17/h5-8,14H,2-4H2,1H3,(H,23,24)(H,18,19,20)/p-1/t14-/m1/s1. The normalized spacial score (nSPS) is 19.2. The van der Waals surface area contributed by atoms with Crippen LogP contribution >= 0.6 is 11.8 Å². The van der Waals surface area contributed by atoms with E-state index in [-0.39, 0.29) is 11.6 Å². The second kappa shape index (κ2) is 6.03. The van der Waals surface area contributed by atoms with Crippen molar-refractivity contribution in [3.8, 4) is 0 Å². The fourth-order valence-electron chi connectivity index (χ4n) is 3.34. The number of hydrogen-bond acceptors (Lipinski definition) is 7. The molecule has 1 aliphatic carbocycles. The molecule has 128 valence electrons. The molecule has 1 aliphatic heterocycles. The van der Waals surface area contributed by atoms with Gasteiger partial charge in [-0.25, -0.2) is 4.68 Å². The molecule has 0 saturated heterocycles. The van der Waals surface area contributed by atoms with Crippen molar-refractivity contribution in [3.05, 3.63) is 46.9 Å². The number of allylic oxidation sites excluding steroid dienone is 2. The Morgan fingerprint density at radius 2 is 2.08 bits per heavy atom. The molecule has 4 rings (SSSR count). The minimum absolute atomic E-state index is 0.0591. The lowest BCUT2D eigenvalue weighted by Crippen LogP contribution is -2.31. The summed E-state index contributed by atoms with van der Waals surface area (Å²) >= 11 is 1.63. The molecule has 1 atom stereocenters. The average Bonchev–Trinajstić information content (AvgIpc) is 3.04. The minimum Gasteiger partial charge on any atom is -0.541 e. The first kappa shape index (κ1) is 15.9. The second-order valence-corrected chi connectivity index (χ2v) is 6.84. The van der Waals surface area contributed by atoms with Gasteiger partial charge in [0, 0.05) is 22.6 Å². The summed E-state index contributed by atoms with van der Waals surface area (Å²) in [7, 11) is 0. The highest BCUT2D eigenvalue weighted by atomic mass is 32.2. The number of nitrogens with zero attached hydrogens (tertiary/aromatic N) is 3. The van der Waals surface area contributed by atoms with Gasteiger partial charge in [-0.05, 0) is 36.8 Å². The van der Waals surface area contributed by atoms with E-state index >= 15 is 0 Å². The van der Waals surface area contributed by atoms with Crippen LogP contribution in [0.25, 0.3) is 0 Å². The van der Waals surface area contributed by atoms with Gasteiger partial charge in [-0.2, -0.15) is 4.98 Å². The first-order valence-electron chi connectivity index (χ1n) is 7.93. The Morgan fingerprint density at radius 1 is 1.32 bits per heavy atom. The van der Waals surface area contributed by atoms with Crippen molar-refractivity contribution >= 4 is 29.5 Å². The number of ketones is 1. The Hall–Kier alpha value is -2.61. The van der Waals surface area contributed by atoms with Gasteiger partial charge in [-0.3, -0.25) is 4.79 Å². The summed E-state index contributed by atoms with van der Waals surface area (Å²) in [6.45, 7) is 0. The van der Waals surface area contributed by atoms with Crippen molar-refractivity contribution in [1.29, 1.82) is 0 Å². The van der Waals surface area contributed by atoms with Crippen LogP contribution in [0.2, 0.25) is 0 Å². The number of benzene rings is 1. The average molecular weight is 355 g/mol. The molecule has 0 saturated carbocycles. The number of anilines is 1. The number of thioether (sulfide) groups is 1. The lowest BCUT2D eigenvalue weighted by atomic mass is 9.85. The van der Waals surface area contributed by atoms with Crippen LogP contribution in [0.3, 0.4) is 0 Å². The highest BCUT2D eigenvalue weighted by molar-refractivity contribution is 7.98. The van der Waals surface area contributed by atoms with Crippen molar-refractivity contribution < 1.29 is 14.7 Å². The fraction of sp³-hybridized carbons (Fsp3) is 0.294. The van der Waals surface area contributed by atoms with E-state index in [1.807, 2.05) is 30.5 Å². The van der Waals surface area contributed by atoms with Gasteiger partial charge in [0.2, 0.25) is 5.95 Å². The van der Waals surface area contributed by atoms with Gasteiger partial charge in [-0.1, -0.05) is 12.1 Å². The molecular formula is C17H15N4O3S-. The molecular weight excluding hydrogens is 340 g/mol. The first-order valence-corrected chi connectivity index (χ1v) is 9.16. The summed E-state index contributed by atoms with van der Waals surface area (Å²) < 4.78 is 1.47. The quantitative estimate of drug-likeness (QED) is 0.830. The number of carbonyl (C=O) groups excluding carboxylic acids is 2. The Morgan fingerprint density at radius 3 is 2.76 bits per heavy atom. The van der Waals surface area contributed by atoms with Gasteiger partial charge < -0.3 is 15.2 Å². The summed E-state index contributed by atoms with van der Waals surface area (Å²) in [5.41, 5.74) is 2.32. The third-order valence-electron chi connectivity index (χ3n) is 4.48. The van der Waals surface area contributed by atoms with Crippen molar-refractivity contribution in [1.82, 2.24) is 14.8 Å². The van der Waals surface area contributed by atoms with E-state index < -0.39 is 12.0 Å². The molecule has 2 aliphatic rings. The van der Waals surface area contributed by atoms with E-state index in [4.69, 9.17) is 0 Å². The molecule has 2 aromatic rings. The second-order valence-electron chi connectivity index (χ2n) is 5.96. The van der Waals surface area contributed by atoms with Crippen LogP contribution in [0.15, 0.2) is 40.4 Å². The van der Waals surface area contributed by atoms with E-state index in [9.17, 15) is 14.7 Å². The van der Waals surface area contributed by atoms with Gasteiger partial charge in [0.15, 0.2) is 11.6 Å². The van der Waals surface area contributed by atoms with E-state index in [2.05, 4.69) is 15.4 Å². The van der Waals surface area contributed by atoms with E-state index in [0.29, 0.717) is 17.9 Å². The van der Waals surface area contributed by atoms with Crippen LogP contribution in [0.5, 0.6) is 0 Å². The Labute approximate surface area is 148 Å². The molecule has 0 radical (unpaired) electrons. The summed E-state index contributed by atoms with van der Waals surface area (Å²) in [4.78, 5) is 28.9. The Kier molecular flexibility index (Phi) is 3.84. The van der Waals surface area contributed by atoms with Crippen LogP contribution in [0.1, 0.15) is 41.5 Å². The number of aromatic carboxylic acids is 1. The lowest BCUT2D eigenvalue weighted by molar-refractivity contribution is -0.256. The van der Waals surface area contributed by atoms with Crippen LogP contribution in [0, 0.1) is 0 Å². The maximum atomic E-state index is 12.6. The highest BCUT2D eigenvalue weighted by Gasteiger charge is 2.36. The van der Waals surface area contributed by atoms with Crippen LogP contribution in [-0.2, 0) is 4.79 Å². The number of hydrogen-bond donors (Lipinski definition) is 1. The van der Waals surface area contributed by atoms with Crippen molar-refractivity contribution in [2.24, 2.45) is 0 Å². The number of rotatable bonds is 3. The molecule has 1 aromatic heterocycles. The number of nitrogens with one attached hydrogen (secondary N) is 1. The van der Waals surface area contributed by atoms with Crippen LogP contribution < -0.4 is 10.4 Å². The number of fused-ring (bicyclic) bond motifs is 1. The predicted octanol–water partition coefficient (Wildman–Crippen LogP) is 1.39. The monoisotopic (exact) mass is 355 g/mol. The smallest absolute Gasteiger partial charge is 0.226 e. The maximum Gasteiger partial charge on any atom is 0.226 e. The number of carbonyl (C=O) groups is 2. The highest BCUT2D eigenvalue weighted by Crippen LogP contribution is 2.40. The summed E-state index contributed by atoms with van der Waals surface area (Å²) in [5.74, 6) is -1.44. The van der Waals surface area contributed by atoms with Crippen LogP contribution in [-0.4, -0.2) is 32.8 Å². The number of Topliss-reactive ketones (excluding diaryl/α,β-unsaturated/α-hetero) is 1. The zero-order valence-corrected chi connectivity index (χ0v) is 14.3.